The van der Waals surface area contributed by atoms with Gasteiger partial charge in [0.25, 0.3) is 0 Å². The molecule has 0 aromatic heterocycles. The highest BCUT2D eigenvalue weighted by Gasteiger charge is 2.10. The molecule has 2 rings (SSSR count). The lowest BCUT2D eigenvalue weighted by molar-refractivity contribution is 0.248. The Hall–Kier alpha value is -1.87. The van der Waals surface area contributed by atoms with Crippen molar-refractivity contribution in [1.29, 1.82) is 0 Å². The van der Waals surface area contributed by atoms with Crippen molar-refractivity contribution in [3.63, 3.8) is 0 Å². The van der Waals surface area contributed by atoms with E-state index in [2.05, 4.69) is 31.0 Å². The first-order chi connectivity index (χ1) is 10.1. The maximum absolute atomic E-state index is 12.9. The fourth-order valence-corrected chi connectivity index (χ4v) is 2.29. The summed E-state index contributed by atoms with van der Waals surface area (Å²) in [7, 11) is 3.77. The number of likely N-dealkylation sites (N-methyl/N-ethyl adjacent to an activating group) is 1. The molecule has 2 aromatic rings. The zero-order chi connectivity index (χ0) is 15.2. The van der Waals surface area contributed by atoms with Gasteiger partial charge in [-0.25, -0.2) is 4.39 Å². The number of hydrogen-bond acceptors (Lipinski definition) is 2. The molecule has 0 aliphatic heterocycles. The minimum absolute atomic E-state index is 0.187. The van der Waals surface area contributed by atoms with Crippen molar-refractivity contribution in [3.05, 3.63) is 65.5 Å². The van der Waals surface area contributed by atoms with Crippen molar-refractivity contribution in [1.82, 2.24) is 4.90 Å². The monoisotopic (exact) mass is 287 g/mol. The Bertz CT molecular complexity index is 550. The second-order valence-corrected chi connectivity index (χ2v) is 5.44. The van der Waals surface area contributed by atoms with Crippen molar-refractivity contribution in [3.8, 4) is 5.75 Å². The smallest absolute Gasteiger partial charge is 0.123 e. The SMILES string of the molecule is COc1ccc(CC(C)N(C)Cc2ccc(F)cc2)cc1. The lowest BCUT2D eigenvalue weighted by Crippen LogP contribution is -2.30. The van der Waals surface area contributed by atoms with Crippen molar-refractivity contribution in [2.75, 3.05) is 14.2 Å². The zero-order valence-electron chi connectivity index (χ0n) is 12.8. The van der Waals surface area contributed by atoms with E-state index in [1.807, 2.05) is 24.3 Å². The number of halogens is 1. The van der Waals surface area contributed by atoms with Gasteiger partial charge in [-0.05, 0) is 55.8 Å². The average Bonchev–Trinajstić information content (AvgIpc) is 2.50. The molecule has 0 aliphatic rings. The molecule has 112 valence electrons. The van der Waals surface area contributed by atoms with Gasteiger partial charge in [-0.1, -0.05) is 24.3 Å². The van der Waals surface area contributed by atoms with E-state index in [1.165, 1.54) is 17.7 Å². The Labute approximate surface area is 126 Å². The normalized spacial score (nSPS) is 12.4. The zero-order valence-corrected chi connectivity index (χ0v) is 12.8. The molecule has 2 nitrogen and oxygen atoms in total. The molecule has 2 aromatic carbocycles. The summed E-state index contributed by atoms with van der Waals surface area (Å²) in [5.74, 6) is 0.693. The molecule has 1 unspecified atom stereocenters. The lowest BCUT2D eigenvalue weighted by Gasteiger charge is -2.25. The highest BCUT2D eigenvalue weighted by atomic mass is 19.1. The first-order valence-electron chi connectivity index (χ1n) is 7.16. The maximum Gasteiger partial charge on any atom is 0.123 e. The van der Waals surface area contributed by atoms with Gasteiger partial charge in [0.2, 0.25) is 0 Å². The van der Waals surface area contributed by atoms with Gasteiger partial charge in [0.15, 0.2) is 0 Å². The number of methoxy groups -OCH3 is 1. The Morgan fingerprint density at radius 2 is 1.57 bits per heavy atom. The molecular formula is C18H22FNO. The molecular weight excluding hydrogens is 265 g/mol. The van der Waals surface area contributed by atoms with E-state index in [0.29, 0.717) is 6.04 Å². The topological polar surface area (TPSA) is 12.5 Å². The minimum atomic E-state index is -0.187. The van der Waals surface area contributed by atoms with Crippen LogP contribution in [-0.2, 0) is 13.0 Å². The van der Waals surface area contributed by atoms with Crippen molar-refractivity contribution < 1.29 is 9.13 Å². The number of rotatable bonds is 6. The second kappa shape index (κ2) is 7.23. The predicted molar refractivity (Wildman–Crippen MR) is 84.0 cm³/mol. The van der Waals surface area contributed by atoms with E-state index in [4.69, 9.17) is 4.74 Å². The molecule has 0 saturated carbocycles. The van der Waals surface area contributed by atoms with Gasteiger partial charge in [0, 0.05) is 12.6 Å². The molecule has 0 amide bonds. The van der Waals surface area contributed by atoms with Gasteiger partial charge in [-0.3, -0.25) is 4.90 Å². The van der Waals surface area contributed by atoms with E-state index in [9.17, 15) is 4.39 Å². The molecule has 0 N–H and O–H groups in total. The Morgan fingerprint density at radius 3 is 2.14 bits per heavy atom. The van der Waals surface area contributed by atoms with Gasteiger partial charge in [0.05, 0.1) is 7.11 Å². The van der Waals surface area contributed by atoms with Crippen LogP contribution in [0.4, 0.5) is 4.39 Å². The largest absolute Gasteiger partial charge is 0.497 e. The van der Waals surface area contributed by atoms with E-state index >= 15 is 0 Å². The molecule has 0 saturated heterocycles. The number of ether oxygens (including phenoxy) is 1. The molecule has 0 bridgehead atoms. The summed E-state index contributed by atoms with van der Waals surface area (Å²) in [6, 6.07) is 15.3. The maximum atomic E-state index is 12.9. The highest BCUT2D eigenvalue weighted by molar-refractivity contribution is 5.27. The van der Waals surface area contributed by atoms with Crippen LogP contribution < -0.4 is 4.74 Å². The fraction of sp³-hybridized carbons (Fsp3) is 0.333. The van der Waals surface area contributed by atoms with Gasteiger partial charge < -0.3 is 4.74 Å². The molecule has 0 radical (unpaired) electrons. The quantitative estimate of drug-likeness (QED) is 0.799. The molecule has 0 fully saturated rings. The van der Waals surface area contributed by atoms with Gasteiger partial charge in [-0.15, -0.1) is 0 Å². The summed E-state index contributed by atoms with van der Waals surface area (Å²) in [5.41, 5.74) is 2.41. The fourth-order valence-electron chi connectivity index (χ4n) is 2.29. The van der Waals surface area contributed by atoms with Crippen molar-refractivity contribution in [2.24, 2.45) is 0 Å². The van der Waals surface area contributed by atoms with Crippen LogP contribution in [0.15, 0.2) is 48.5 Å². The summed E-state index contributed by atoms with van der Waals surface area (Å²) in [6.07, 6.45) is 0.974. The van der Waals surface area contributed by atoms with E-state index in [-0.39, 0.29) is 5.82 Å². The first-order valence-corrected chi connectivity index (χ1v) is 7.16. The summed E-state index contributed by atoms with van der Waals surface area (Å²) >= 11 is 0. The van der Waals surface area contributed by atoms with Crippen molar-refractivity contribution >= 4 is 0 Å². The lowest BCUT2D eigenvalue weighted by atomic mass is 10.1. The Morgan fingerprint density at radius 1 is 1.00 bits per heavy atom. The second-order valence-electron chi connectivity index (χ2n) is 5.44. The van der Waals surface area contributed by atoms with Gasteiger partial charge in [-0.2, -0.15) is 0 Å². The third kappa shape index (κ3) is 4.57. The number of hydrogen-bond donors (Lipinski definition) is 0. The van der Waals surface area contributed by atoms with Crippen LogP contribution in [0, 0.1) is 5.82 Å². The van der Waals surface area contributed by atoms with Gasteiger partial charge >= 0.3 is 0 Å². The van der Waals surface area contributed by atoms with Crippen LogP contribution in [-0.4, -0.2) is 25.1 Å². The molecule has 0 heterocycles. The standard InChI is InChI=1S/C18H22FNO/c1-14(12-15-6-10-18(21-3)11-7-15)20(2)13-16-4-8-17(19)9-5-16/h4-11,14H,12-13H2,1-3H3. The Kier molecular flexibility index (Phi) is 5.34. The van der Waals surface area contributed by atoms with Crippen LogP contribution in [0.2, 0.25) is 0 Å². The molecule has 0 aliphatic carbocycles. The average molecular weight is 287 g/mol. The van der Waals surface area contributed by atoms with Crippen LogP contribution in [0.1, 0.15) is 18.1 Å². The first kappa shape index (κ1) is 15.5. The van der Waals surface area contributed by atoms with E-state index < -0.39 is 0 Å². The van der Waals surface area contributed by atoms with E-state index in [1.54, 1.807) is 7.11 Å². The summed E-state index contributed by atoms with van der Waals surface area (Å²) in [5, 5.41) is 0. The summed E-state index contributed by atoms with van der Waals surface area (Å²) in [6.45, 7) is 3.02. The van der Waals surface area contributed by atoms with Crippen LogP contribution in [0.25, 0.3) is 0 Å². The third-order valence-electron chi connectivity index (χ3n) is 3.79. The van der Waals surface area contributed by atoms with Crippen molar-refractivity contribution in [2.45, 2.75) is 25.9 Å². The third-order valence-corrected chi connectivity index (χ3v) is 3.79. The van der Waals surface area contributed by atoms with Crippen LogP contribution >= 0.6 is 0 Å². The van der Waals surface area contributed by atoms with E-state index in [0.717, 1.165) is 24.3 Å². The molecule has 3 heteroatoms. The summed E-state index contributed by atoms with van der Waals surface area (Å²) in [4.78, 5) is 2.28. The number of nitrogens with zero attached hydrogens (tertiary/aromatic N) is 1. The molecule has 0 spiro atoms. The van der Waals surface area contributed by atoms with Gasteiger partial charge in [0.1, 0.15) is 11.6 Å². The number of benzene rings is 2. The Balaban J connectivity index is 1.92. The summed E-state index contributed by atoms with van der Waals surface area (Å²) < 4.78 is 18.1. The van der Waals surface area contributed by atoms with Crippen LogP contribution in [0.3, 0.4) is 0 Å². The highest BCUT2D eigenvalue weighted by Crippen LogP contribution is 2.15. The van der Waals surface area contributed by atoms with Crippen LogP contribution in [0.5, 0.6) is 5.75 Å². The minimum Gasteiger partial charge on any atom is -0.497 e. The molecule has 21 heavy (non-hydrogen) atoms. The molecule has 1 atom stereocenters. The predicted octanol–water partition coefficient (Wildman–Crippen LogP) is 3.90.